The molecule has 0 aliphatic carbocycles. The van der Waals surface area contributed by atoms with Gasteiger partial charge < -0.3 is 0 Å². The zero-order chi connectivity index (χ0) is 11.7. The van der Waals surface area contributed by atoms with Crippen LogP contribution < -0.4 is 0 Å². The highest BCUT2D eigenvalue weighted by atomic mass is 32.1. The molecular formula is C13H21N3S. The molecule has 2 aliphatic rings. The van der Waals surface area contributed by atoms with E-state index in [1.54, 1.807) is 11.3 Å². The number of hydrogen-bond acceptors (Lipinski definition) is 4. The van der Waals surface area contributed by atoms with E-state index in [1.807, 2.05) is 5.51 Å². The molecule has 2 fully saturated rings. The third-order valence-electron chi connectivity index (χ3n) is 4.23. The molecule has 0 aromatic carbocycles. The van der Waals surface area contributed by atoms with Crippen LogP contribution in [0.5, 0.6) is 0 Å². The van der Waals surface area contributed by atoms with Gasteiger partial charge in [-0.3, -0.25) is 9.80 Å². The minimum atomic E-state index is 0.728. The summed E-state index contributed by atoms with van der Waals surface area (Å²) in [6.45, 7) is 7.20. The lowest BCUT2D eigenvalue weighted by molar-refractivity contribution is 0.0430. The summed E-state index contributed by atoms with van der Waals surface area (Å²) in [5.74, 6) is 0. The molecule has 1 aromatic heterocycles. The van der Waals surface area contributed by atoms with Gasteiger partial charge in [0.15, 0.2) is 0 Å². The molecule has 94 valence electrons. The number of piperazine rings is 1. The standard InChI is InChI=1S/C13H21N3S/c1-2-12-7-15-5-3-4-13(15)8-16(12)6-11-9-17-10-14-11/h9-10,12-13H,2-8H2,1H3. The molecule has 0 amide bonds. The van der Waals surface area contributed by atoms with Crippen molar-refractivity contribution in [1.82, 2.24) is 14.8 Å². The Balaban J connectivity index is 1.69. The Hall–Kier alpha value is -0.450. The first-order valence-corrected chi connectivity index (χ1v) is 7.66. The maximum Gasteiger partial charge on any atom is 0.0795 e. The van der Waals surface area contributed by atoms with E-state index in [4.69, 9.17) is 0 Å². The monoisotopic (exact) mass is 251 g/mol. The van der Waals surface area contributed by atoms with Crippen LogP contribution in [0.3, 0.4) is 0 Å². The van der Waals surface area contributed by atoms with Crippen molar-refractivity contribution in [2.75, 3.05) is 19.6 Å². The van der Waals surface area contributed by atoms with Gasteiger partial charge in [-0.05, 0) is 25.8 Å². The summed E-state index contributed by atoms with van der Waals surface area (Å²) >= 11 is 1.71. The summed E-state index contributed by atoms with van der Waals surface area (Å²) in [5, 5.41) is 2.19. The maximum absolute atomic E-state index is 4.43. The molecule has 3 heterocycles. The normalized spacial score (nSPS) is 30.6. The Morgan fingerprint density at radius 1 is 1.47 bits per heavy atom. The predicted molar refractivity (Wildman–Crippen MR) is 71.2 cm³/mol. The van der Waals surface area contributed by atoms with Gasteiger partial charge in [0.1, 0.15) is 0 Å². The zero-order valence-corrected chi connectivity index (χ0v) is 11.3. The zero-order valence-electron chi connectivity index (χ0n) is 10.5. The third kappa shape index (κ3) is 2.39. The summed E-state index contributed by atoms with van der Waals surface area (Å²) in [6.07, 6.45) is 4.04. The highest BCUT2D eigenvalue weighted by Gasteiger charge is 2.35. The van der Waals surface area contributed by atoms with E-state index in [9.17, 15) is 0 Å². The number of aromatic nitrogens is 1. The molecular weight excluding hydrogens is 230 g/mol. The quantitative estimate of drug-likeness (QED) is 0.821. The van der Waals surface area contributed by atoms with Gasteiger partial charge in [-0.25, -0.2) is 4.98 Å². The number of hydrogen-bond donors (Lipinski definition) is 0. The second-order valence-electron chi connectivity index (χ2n) is 5.26. The van der Waals surface area contributed by atoms with E-state index in [0.717, 1.165) is 18.6 Å². The molecule has 2 saturated heterocycles. The number of thiazole rings is 1. The lowest BCUT2D eigenvalue weighted by Gasteiger charge is -2.43. The maximum atomic E-state index is 4.43. The van der Waals surface area contributed by atoms with E-state index in [0.29, 0.717) is 0 Å². The summed E-state index contributed by atoms with van der Waals surface area (Å²) in [4.78, 5) is 9.78. The van der Waals surface area contributed by atoms with Crippen molar-refractivity contribution in [2.24, 2.45) is 0 Å². The first-order chi connectivity index (χ1) is 8.36. The average molecular weight is 251 g/mol. The van der Waals surface area contributed by atoms with E-state index in [-0.39, 0.29) is 0 Å². The molecule has 0 saturated carbocycles. The molecule has 4 heteroatoms. The molecule has 0 spiro atoms. The van der Waals surface area contributed by atoms with Gasteiger partial charge in [0.2, 0.25) is 0 Å². The van der Waals surface area contributed by atoms with Crippen LogP contribution in [0.2, 0.25) is 0 Å². The Kier molecular flexibility index (Phi) is 3.45. The Labute approximate surface area is 107 Å². The smallest absolute Gasteiger partial charge is 0.0795 e. The van der Waals surface area contributed by atoms with Crippen LogP contribution in [0.1, 0.15) is 31.9 Å². The fourth-order valence-corrected chi connectivity index (χ4v) is 3.80. The summed E-state index contributed by atoms with van der Waals surface area (Å²) in [5.41, 5.74) is 3.20. The minimum Gasteiger partial charge on any atom is -0.298 e. The second-order valence-corrected chi connectivity index (χ2v) is 5.98. The van der Waals surface area contributed by atoms with Crippen molar-refractivity contribution in [3.8, 4) is 0 Å². The van der Waals surface area contributed by atoms with E-state index >= 15 is 0 Å². The Bertz CT molecular complexity index is 352. The predicted octanol–water partition coefficient (Wildman–Crippen LogP) is 2.20. The van der Waals surface area contributed by atoms with Crippen molar-refractivity contribution < 1.29 is 0 Å². The van der Waals surface area contributed by atoms with Crippen molar-refractivity contribution in [1.29, 1.82) is 0 Å². The molecule has 0 bridgehead atoms. The first kappa shape index (κ1) is 11.6. The van der Waals surface area contributed by atoms with Gasteiger partial charge in [0.05, 0.1) is 11.2 Å². The molecule has 3 rings (SSSR count). The Morgan fingerprint density at radius 2 is 2.41 bits per heavy atom. The van der Waals surface area contributed by atoms with Gasteiger partial charge >= 0.3 is 0 Å². The molecule has 17 heavy (non-hydrogen) atoms. The van der Waals surface area contributed by atoms with Crippen molar-refractivity contribution in [2.45, 2.75) is 44.8 Å². The molecule has 3 nitrogen and oxygen atoms in total. The SMILES string of the molecule is CCC1CN2CCCC2CN1Cc1cscn1. The lowest BCUT2D eigenvalue weighted by atomic mass is 10.0. The second kappa shape index (κ2) is 5.04. The van der Waals surface area contributed by atoms with Crippen molar-refractivity contribution in [3.05, 3.63) is 16.6 Å². The summed E-state index contributed by atoms with van der Waals surface area (Å²) in [7, 11) is 0. The van der Waals surface area contributed by atoms with Crippen molar-refractivity contribution in [3.63, 3.8) is 0 Å². The number of fused-ring (bicyclic) bond motifs is 1. The van der Waals surface area contributed by atoms with Crippen LogP contribution in [-0.4, -0.2) is 46.5 Å². The topological polar surface area (TPSA) is 19.4 Å². The van der Waals surface area contributed by atoms with Gasteiger partial charge in [-0.1, -0.05) is 6.92 Å². The van der Waals surface area contributed by atoms with Gasteiger partial charge in [-0.15, -0.1) is 11.3 Å². The summed E-state index contributed by atoms with van der Waals surface area (Å²) in [6, 6.07) is 1.54. The molecule has 2 unspecified atom stereocenters. The van der Waals surface area contributed by atoms with Crippen LogP contribution in [-0.2, 0) is 6.54 Å². The van der Waals surface area contributed by atoms with Gasteiger partial charge in [0, 0.05) is 37.1 Å². The Morgan fingerprint density at radius 3 is 3.18 bits per heavy atom. The highest BCUT2D eigenvalue weighted by Crippen LogP contribution is 2.26. The number of nitrogens with zero attached hydrogens (tertiary/aromatic N) is 3. The first-order valence-electron chi connectivity index (χ1n) is 6.72. The largest absolute Gasteiger partial charge is 0.298 e. The van der Waals surface area contributed by atoms with Crippen LogP contribution in [0.15, 0.2) is 10.9 Å². The van der Waals surface area contributed by atoms with E-state index < -0.39 is 0 Å². The number of rotatable bonds is 3. The third-order valence-corrected chi connectivity index (χ3v) is 4.86. The van der Waals surface area contributed by atoms with Gasteiger partial charge in [0.25, 0.3) is 0 Å². The van der Waals surface area contributed by atoms with Crippen LogP contribution in [0, 0.1) is 0 Å². The molecule has 2 aliphatic heterocycles. The van der Waals surface area contributed by atoms with E-state index in [1.165, 1.54) is 44.6 Å². The molecule has 1 aromatic rings. The van der Waals surface area contributed by atoms with Crippen LogP contribution in [0.25, 0.3) is 0 Å². The molecule has 0 N–H and O–H groups in total. The fourth-order valence-electron chi connectivity index (χ4n) is 3.25. The van der Waals surface area contributed by atoms with E-state index in [2.05, 4.69) is 27.1 Å². The molecule has 2 atom stereocenters. The minimum absolute atomic E-state index is 0.728. The van der Waals surface area contributed by atoms with Crippen LogP contribution in [0.4, 0.5) is 0 Å². The highest BCUT2D eigenvalue weighted by molar-refractivity contribution is 7.07. The molecule has 0 radical (unpaired) electrons. The van der Waals surface area contributed by atoms with Gasteiger partial charge in [-0.2, -0.15) is 0 Å². The lowest BCUT2D eigenvalue weighted by Crippen LogP contribution is -2.55. The average Bonchev–Trinajstić information content (AvgIpc) is 2.98. The fraction of sp³-hybridized carbons (Fsp3) is 0.769. The van der Waals surface area contributed by atoms with Crippen molar-refractivity contribution >= 4 is 11.3 Å². The summed E-state index contributed by atoms with van der Waals surface area (Å²) < 4.78 is 0. The van der Waals surface area contributed by atoms with Crippen LogP contribution >= 0.6 is 11.3 Å².